The van der Waals surface area contributed by atoms with Crippen LogP contribution >= 0.6 is 11.8 Å². The van der Waals surface area contributed by atoms with Crippen LogP contribution in [0.1, 0.15) is 17.3 Å². The van der Waals surface area contributed by atoms with Gasteiger partial charge in [0.05, 0.1) is 34.4 Å². The van der Waals surface area contributed by atoms with E-state index in [9.17, 15) is 13.2 Å². The number of Topliss-reactive ketones (excluding diaryl/α,β-unsaturated/α-hetero) is 1. The molecule has 0 aliphatic carbocycles. The van der Waals surface area contributed by atoms with Crippen LogP contribution in [0.15, 0.2) is 52.5 Å². The number of nitrogens with zero attached hydrogens (tertiary/aromatic N) is 2. The van der Waals surface area contributed by atoms with Gasteiger partial charge in [0.1, 0.15) is 5.75 Å². The molecule has 1 aromatic heterocycles. The van der Waals surface area contributed by atoms with Crippen LogP contribution in [0.4, 0.5) is 0 Å². The van der Waals surface area contributed by atoms with Crippen LogP contribution in [0, 0.1) is 0 Å². The fraction of sp³-hybridized carbons (Fsp3) is 0.222. The summed E-state index contributed by atoms with van der Waals surface area (Å²) in [5.41, 5.74) is 1.83. The molecule has 0 radical (unpaired) electrons. The number of imidazole rings is 1. The van der Waals surface area contributed by atoms with Gasteiger partial charge in [-0.1, -0.05) is 23.9 Å². The number of ether oxygens (including phenoxy) is 1. The third kappa shape index (κ3) is 4.00. The average molecular weight is 406 g/mol. The molecule has 0 spiro atoms. The number of hydrogen-bond donors (Lipinski definition) is 1. The van der Waals surface area contributed by atoms with Crippen molar-refractivity contribution in [2.45, 2.75) is 23.5 Å². The first-order chi connectivity index (χ1) is 12.8. The fourth-order valence-corrected chi connectivity index (χ4v) is 4.26. The van der Waals surface area contributed by atoms with E-state index in [-0.39, 0.29) is 16.4 Å². The maximum absolute atomic E-state index is 12.6. The molecule has 142 valence electrons. The molecule has 7 nitrogen and oxygen atoms in total. The van der Waals surface area contributed by atoms with E-state index in [4.69, 9.17) is 9.88 Å². The van der Waals surface area contributed by atoms with Crippen LogP contribution in [0.3, 0.4) is 0 Å². The molecule has 0 bridgehead atoms. The third-order valence-electron chi connectivity index (χ3n) is 4.07. The van der Waals surface area contributed by atoms with Crippen molar-refractivity contribution in [2.24, 2.45) is 5.14 Å². The zero-order valence-electron chi connectivity index (χ0n) is 14.9. The lowest BCUT2D eigenvalue weighted by atomic mass is 10.1. The second kappa shape index (κ2) is 7.71. The quantitative estimate of drug-likeness (QED) is 0.479. The van der Waals surface area contributed by atoms with E-state index >= 15 is 0 Å². The Hall–Kier alpha value is -2.36. The van der Waals surface area contributed by atoms with Gasteiger partial charge in [-0.3, -0.25) is 4.79 Å². The van der Waals surface area contributed by atoms with Crippen molar-refractivity contribution in [1.29, 1.82) is 0 Å². The van der Waals surface area contributed by atoms with Crippen LogP contribution in [-0.2, 0) is 16.6 Å². The summed E-state index contributed by atoms with van der Waals surface area (Å²) in [6.45, 7) is 2.59. The SMILES string of the molecule is CCn1c(SCC(=O)c2ccccc2OC)nc2cc(S(N)(=O)=O)ccc21. The highest BCUT2D eigenvalue weighted by Gasteiger charge is 2.17. The van der Waals surface area contributed by atoms with Gasteiger partial charge in [-0.05, 0) is 37.3 Å². The zero-order chi connectivity index (χ0) is 19.6. The van der Waals surface area contributed by atoms with Crippen molar-refractivity contribution in [3.63, 3.8) is 0 Å². The van der Waals surface area contributed by atoms with Crippen molar-refractivity contribution >= 4 is 38.6 Å². The minimum atomic E-state index is -3.80. The molecule has 27 heavy (non-hydrogen) atoms. The Bertz CT molecular complexity index is 1110. The van der Waals surface area contributed by atoms with Gasteiger partial charge in [-0.25, -0.2) is 18.5 Å². The number of ketones is 1. The van der Waals surface area contributed by atoms with Crippen molar-refractivity contribution < 1.29 is 17.9 Å². The molecule has 3 aromatic rings. The summed E-state index contributed by atoms with van der Waals surface area (Å²) in [7, 11) is -2.27. The van der Waals surface area contributed by atoms with Gasteiger partial charge in [0, 0.05) is 6.54 Å². The monoisotopic (exact) mass is 405 g/mol. The highest BCUT2D eigenvalue weighted by molar-refractivity contribution is 7.99. The lowest BCUT2D eigenvalue weighted by Crippen LogP contribution is -2.11. The van der Waals surface area contributed by atoms with Crippen LogP contribution in [0.25, 0.3) is 11.0 Å². The topological polar surface area (TPSA) is 104 Å². The normalized spacial score (nSPS) is 11.7. The second-order valence-corrected chi connectivity index (χ2v) is 8.25. The molecule has 1 heterocycles. The van der Waals surface area contributed by atoms with Gasteiger partial charge in [0.2, 0.25) is 10.0 Å². The second-order valence-electron chi connectivity index (χ2n) is 5.75. The maximum Gasteiger partial charge on any atom is 0.238 e. The number of thioether (sulfide) groups is 1. The number of aromatic nitrogens is 2. The highest BCUT2D eigenvalue weighted by Crippen LogP contribution is 2.27. The molecule has 9 heteroatoms. The first-order valence-electron chi connectivity index (χ1n) is 8.17. The first kappa shape index (κ1) is 19.4. The molecule has 0 saturated heterocycles. The number of primary sulfonamides is 1. The Balaban J connectivity index is 1.89. The van der Waals surface area contributed by atoms with E-state index in [2.05, 4.69) is 4.98 Å². The Morgan fingerprint density at radius 3 is 2.67 bits per heavy atom. The van der Waals surface area contributed by atoms with Crippen molar-refractivity contribution in [3.05, 3.63) is 48.0 Å². The number of sulfonamides is 1. The van der Waals surface area contributed by atoms with Gasteiger partial charge in [0.25, 0.3) is 0 Å². The number of benzene rings is 2. The summed E-state index contributed by atoms with van der Waals surface area (Å²) >= 11 is 1.30. The number of carbonyl (C=O) groups is 1. The van der Waals surface area contributed by atoms with Crippen molar-refractivity contribution in [2.75, 3.05) is 12.9 Å². The molecule has 0 atom stereocenters. The van der Waals surface area contributed by atoms with E-state index in [1.165, 1.54) is 31.0 Å². The van der Waals surface area contributed by atoms with E-state index < -0.39 is 10.0 Å². The molecule has 0 aliphatic heterocycles. The minimum Gasteiger partial charge on any atom is -0.496 e. The van der Waals surface area contributed by atoms with Crippen molar-refractivity contribution in [3.8, 4) is 5.75 Å². The Morgan fingerprint density at radius 1 is 1.26 bits per heavy atom. The van der Waals surface area contributed by atoms with Crippen LogP contribution in [0.5, 0.6) is 5.75 Å². The standard InChI is InChI=1S/C18H19N3O4S2/c1-3-21-15-9-8-12(27(19,23)24)10-14(15)20-18(21)26-11-16(22)13-6-4-5-7-17(13)25-2/h4-10H,3,11H2,1-2H3,(H2,19,23,24). The lowest BCUT2D eigenvalue weighted by Gasteiger charge is -2.08. The Morgan fingerprint density at radius 2 is 2.00 bits per heavy atom. The smallest absolute Gasteiger partial charge is 0.238 e. The lowest BCUT2D eigenvalue weighted by molar-refractivity contribution is 0.101. The van der Waals surface area contributed by atoms with Gasteiger partial charge < -0.3 is 9.30 Å². The van der Waals surface area contributed by atoms with Crippen LogP contribution in [-0.4, -0.2) is 36.6 Å². The molecule has 0 aliphatic rings. The number of fused-ring (bicyclic) bond motifs is 1. The predicted octanol–water partition coefficient (Wildman–Crippen LogP) is 2.69. The van der Waals surface area contributed by atoms with Gasteiger partial charge in [0.15, 0.2) is 10.9 Å². The Labute approximate surface area is 161 Å². The van der Waals surface area contributed by atoms with E-state index in [1.807, 2.05) is 17.6 Å². The summed E-state index contributed by atoms with van der Waals surface area (Å²) in [6, 6.07) is 11.6. The number of methoxy groups -OCH3 is 1. The molecule has 3 rings (SSSR count). The molecule has 2 aromatic carbocycles. The molecule has 0 unspecified atom stereocenters. The molecule has 2 N–H and O–H groups in total. The summed E-state index contributed by atoms with van der Waals surface area (Å²) in [4.78, 5) is 17.1. The van der Waals surface area contributed by atoms with Crippen LogP contribution in [0.2, 0.25) is 0 Å². The molecular weight excluding hydrogens is 386 g/mol. The summed E-state index contributed by atoms with van der Waals surface area (Å²) < 4.78 is 30.3. The fourth-order valence-electron chi connectivity index (χ4n) is 2.76. The number of nitrogens with two attached hydrogens (primary N) is 1. The Kier molecular flexibility index (Phi) is 5.54. The molecule has 0 fully saturated rings. The summed E-state index contributed by atoms with van der Waals surface area (Å²) in [5.74, 6) is 0.647. The summed E-state index contributed by atoms with van der Waals surface area (Å²) in [6.07, 6.45) is 0. The number of rotatable bonds is 7. The number of carbonyl (C=O) groups excluding carboxylic acids is 1. The van der Waals surface area contributed by atoms with E-state index in [0.717, 1.165) is 5.52 Å². The maximum atomic E-state index is 12.6. The number of aryl methyl sites for hydroxylation is 1. The molecule has 0 amide bonds. The highest BCUT2D eigenvalue weighted by atomic mass is 32.2. The molecule has 0 saturated carbocycles. The van der Waals surface area contributed by atoms with E-state index in [0.29, 0.717) is 28.5 Å². The van der Waals surface area contributed by atoms with Gasteiger partial charge >= 0.3 is 0 Å². The van der Waals surface area contributed by atoms with Gasteiger partial charge in [-0.2, -0.15) is 0 Å². The van der Waals surface area contributed by atoms with E-state index in [1.54, 1.807) is 24.3 Å². The number of para-hydroxylation sites is 1. The average Bonchev–Trinajstić information content (AvgIpc) is 3.01. The third-order valence-corrected chi connectivity index (χ3v) is 5.96. The zero-order valence-corrected chi connectivity index (χ0v) is 16.5. The van der Waals surface area contributed by atoms with Crippen molar-refractivity contribution in [1.82, 2.24) is 9.55 Å². The molecular formula is C18H19N3O4S2. The first-order valence-corrected chi connectivity index (χ1v) is 10.7. The minimum absolute atomic E-state index is 0.0115. The summed E-state index contributed by atoms with van der Waals surface area (Å²) in [5, 5.41) is 5.83. The van der Waals surface area contributed by atoms with Crippen LogP contribution < -0.4 is 9.88 Å². The predicted molar refractivity (Wildman–Crippen MR) is 105 cm³/mol. The number of hydrogen-bond acceptors (Lipinski definition) is 6. The van der Waals surface area contributed by atoms with Gasteiger partial charge in [-0.15, -0.1) is 0 Å². The largest absolute Gasteiger partial charge is 0.496 e.